The zero-order valence-electron chi connectivity index (χ0n) is 7.64. The minimum atomic E-state index is -0.781. The molecule has 3 nitrogen and oxygen atoms in total. The quantitative estimate of drug-likeness (QED) is 0.652. The predicted molar refractivity (Wildman–Crippen MR) is 46.1 cm³/mol. The summed E-state index contributed by atoms with van der Waals surface area (Å²) in [5.41, 5.74) is 0. The molecule has 2 aliphatic rings. The van der Waals surface area contributed by atoms with Crippen LogP contribution in [0.5, 0.6) is 0 Å². The van der Waals surface area contributed by atoms with Crippen LogP contribution in [0.1, 0.15) is 19.8 Å². The monoisotopic (exact) mass is 182 g/mol. The van der Waals surface area contributed by atoms with E-state index in [9.17, 15) is 9.59 Å². The van der Waals surface area contributed by atoms with Crippen molar-refractivity contribution in [1.29, 1.82) is 0 Å². The summed E-state index contributed by atoms with van der Waals surface area (Å²) in [6.07, 6.45) is 2.80. The first-order chi connectivity index (χ1) is 6.15. The van der Waals surface area contributed by atoms with Crippen LogP contribution in [-0.2, 0) is 9.59 Å². The highest BCUT2D eigenvalue weighted by Crippen LogP contribution is 2.54. The lowest BCUT2D eigenvalue weighted by Gasteiger charge is -2.27. The van der Waals surface area contributed by atoms with E-state index in [0.717, 1.165) is 19.1 Å². The first-order valence-corrected chi connectivity index (χ1v) is 4.83. The van der Waals surface area contributed by atoms with Gasteiger partial charge in [-0.1, -0.05) is 6.92 Å². The molecule has 0 radical (unpaired) electrons. The lowest BCUT2D eigenvalue weighted by atomic mass is 9.75. The molecule has 0 aromatic heterocycles. The van der Waals surface area contributed by atoms with Gasteiger partial charge < -0.3 is 9.90 Å². The molecule has 0 aliphatic heterocycles. The van der Waals surface area contributed by atoms with Crippen LogP contribution in [0.4, 0.5) is 0 Å². The van der Waals surface area contributed by atoms with Crippen LogP contribution in [0.15, 0.2) is 0 Å². The highest BCUT2D eigenvalue weighted by Gasteiger charge is 2.53. The van der Waals surface area contributed by atoms with Gasteiger partial charge in [0.2, 0.25) is 0 Å². The molecule has 3 heteroatoms. The summed E-state index contributed by atoms with van der Waals surface area (Å²) in [7, 11) is 0. The largest absolute Gasteiger partial charge is 0.481 e. The lowest BCUT2D eigenvalue weighted by Crippen LogP contribution is -2.33. The van der Waals surface area contributed by atoms with E-state index in [1.807, 2.05) is 0 Å². The zero-order valence-corrected chi connectivity index (χ0v) is 7.64. The average molecular weight is 182 g/mol. The van der Waals surface area contributed by atoms with E-state index < -0.39 is 11.9 Å². The van der Waals surface area contributed by atoms with Crippen molar-refractivity contribution < 1.29 is 14.7 Å². The summed E-state index contributed by atoms with van der Waals surface area (Å²) in [6.45, 7) is 2.12. The summed E-state index contributed by atoms with van der Waals surface area (Å²) in [5, 5.41) is 8.96. The Hall–Kier alpha value is -0.860. The van der Waals surface area contributed by atoms with Crippen LogP contribution in [0, 0.1) is 29.6 Å². The molecule has 72 valence electrons. The molecule has 2 fully saturated rings. The first kappa shape index (κ1) is 8.73. The Bertz CT molecular complexity index is 249. The fourth-order valence-corrected chi connectivity index (χ4v) is 3.29. The number of carbonyl (C=O) groups is 2. The highest BCUT2D eigenvalue weighted by atomic mass is 16.4. The summed E-state index contributed by atoms with van der Waals surface area (Å²) >= 11 is 0. The number of rotatable bonds is 2. The second-order valence-electron chi connectivity index (χ2n) is 4.45. The smallest absolute Gasteiger partial charge is 0.307 e. The molecule has 5 unspecified atom stereocenters. The number of carbonyl (C=O) groups excluding carboxylic acids is 1. The Morgan fingerprint density at radius 1 is 1.46 bits per heavy atom. The van der Waals surface area contributed by atoms with Crippen molar-refractivity contribution in [3.8, 4) is 0 Å². The molecular formula is C10H14O3. The Balaban J connectivity index is 2.23. The average Bonchev–Trinajstić information content (AvgIpc) is 2.58. The van der Waals surface area contributed by atoms with Crippen molar-refractivity contribution in [3.05, 3.63) is 0 Å². The molecule has 2 saturated carbocycles. The fourth-order valence-electron chi connectivity index (χ4n) is 3.29. The normalized spacial score (nSPS) is 47.9. The maximum atomic E-state index is 10.9. The van der Waals surface area contributed by atoms with Crippen molar-refractivity contribution in [2.45, 2.75) is 19.8 Å². The number of hydrogen-bond acceptors (Lipinski definition) is 2. The lowest BCUT2D eigenvalue weighted by molar-refractivity contribution is -0.147. The second-order valence-corrected chi connectivity index (χ2v) is 4.45. The van der Waals surface area contributed by atoms with Gasteiger partial charge in [-0.25, -0.2) is 0 Å². The number of carboxylic acid groups (broad SMARTS) is 1. The summed E-state index contributed by atoms with van der Waals surface area (Å²) in [5.74, 6) is -0.256. The van der Waals surface area contributed by atoms with Gasteiger partial charge in [0, 0.05) is 5.92 Å². The third-order valence-corrected chi connectivity index (χ3v) is 3.84. The van der Waals surface area contributed by atoms with Crippen LogP contribution in [0.2, 0.25) is 0 Å². The molecule has 0 aromatic rings. The van der Waals surface area contributed by atoms with Gasteiger partial charge in [-0.05, 0) is 30.6 Å². The summed E-state index contributed by atoms with van der Waals surface area (Å²) < 4.78 is 0. The zero-order chi connectivity index (χ0) is 9.59. The number of aliphatic carboxylic acids is 1. The van der Waals surface area contributed by atoms with Gasteiger partial charge in [-0.15, -0.1) is 0 Å². The van der Waals surface area contributed by atoms with Crippen LogP contribution in [0.3, 0.4) is 0 Å². The van der Waals surface area contributed by atoms with Gasteiger partial charge in [0.1, 0.15) is 6.29 Å². The van der Waals surface area contributed by atoms with Gasteiger partial charge in [0.25, 0.3) is 0 Å². The van der Waals surface area contributed by atoms with Crippen LogP contribution >= 0.6 is 0 Å². The minimum Gasteiger partial charge on any atom is -0.481 e. The molecular weight excluding hydrogens is 168 g/mol. The predicted octanol–water partition coefficient (Wildman–Crippen LogP) is 1.18. The summed E-state index contributed by atoms with van der Waals surface area (Å²) in [6, 6.07) is 0. The highest BCUT2D eigenvalue weighted by molar-refractivity contribution is 5.76. The maximum absolute atomic E-state index is 10.9. The topological polar surface area (TPSA) is 54.4 Å². The molecule has 13 heavy (non-hydrogen) atoms. The molecule has 2 rings (SSSR count). The Morgan fingerprint density at radius 3 is 2.69 bits per heavy atom. The fraction of sp³-hybridized carbons (Fsp3) is 0.800. The Morgan fingerprint density at radius 2 is 2.15 bits per heavy atom. The molecule has 0 spiro atoms. The minimum absolute atomic E-state index is 0.216. The van der Waals surface area contributed by atoms with Gasteiger partial charge in [0.05, 0.1) is 5.92 Å². The van der Waals surface area contributed by atoms with Crippen molar-refractivity contribution in [2.24, 2.45) is 29.6 Å². The molecule has 0 amide bonds. The molecule has 0 heterocycles. The maximum Gasteiger partial charge on any atom is 0.307 e. The van der Waals surface area contributed by atoms with E-state index in [2.05, 4.69) is 6.92 Å². The van der Waals surface area contributed by atoms with E-state index in [4.69, 9.17) is 5.11 Å². The van der Waals surface area contributed by atoms with E-state index in [0.29, 0.717) is 11.8 Å². The number of fused-ring (bicyclic) bond motifs is 2. The molecule has 1 N–H and O–H groups in total. The first-order valence-electron chi connectivity index (χ1n) is 4.83. The molecule has 2 aliphatic carbocycles. The van der Waals surface area contributed by atoms with E-state index in [-0.39, 0.29) is 11.8 Å². The number of aldehydes is 1. The second kappa shape index (κ2) is 2.82. The molecule has 5 atom stereocenters. The van der Waals surface area contributed by atoms with Crippen LogP contribution in [0.25, 0.3) is 0 Å². The standard InChI is InChI=1S/C10H14O3/c1-5-2-6-3-7(5)8(4-11)9(6)10(12)13/h4-9H,2-3H2,1H3,(H,12,13). The van der Waals surface area contributed by atoms with Gasteiger partial charge in [-0.3, -0.25) is 4.79 Å². The van der Waals surface area contributed by atoms with E-state index in [1.165, 1.54) is 0 Å². The molecule has 0 aromatic carbocycles. The number of carboxylic acids is 1. The van der Waals surface area contributed by atoms with Crippen LogP contribution in [-0.4, -0.2) is 17.4 Å². The molecule has 2 bridgehead atoms. The van der Waals surface area contributed by atoms with Gasteiger partial charge in [-0.2, -0.15) is 0 Å². The Labute approximate surface area is 77.1 Å². The van der Waals surface area contributed by atoms with E-state index >= 15 is 0 Å². The van der Waals surface area contributed by atoms with Crippen molar-refractivity contribution in [3.63, 3.8) is 0 Å². The third-order valence-electron chi connectivity index (χ3n) is 3.84. The van der Waals surface area contributed by atoms with Gasteiger partial charge >= 0.3 is 5.97 Å². The number of hydrogen-bond donors (Lipinski definition) is 1. The molecule has 0 saturated heterocycles. The SMILES string of the molecule is CC1CC2CC1C(C=O)C2C(=O)O. The van der Waals surface area contributed by atoms with Crippen molar-refractivity contribution >= 4 is 12.3 Å². The van der Waals surface area contributed by atoms with E-state index in [1.54, 1.807) is 0 Å². The van der Waals surface area contributed by atoms with Crippen molar-refractivity contribution in [2.75, 3.05) is 0 Å². The van der Waals surface area contributed by atoms with Gasteiger partial charge in [0.15, 0.2) is 0 Å². The van der Waals surface area contributed by atoms with Crippen molar-refractivity contribution in [1.82, 2.24) is 0 Å². The Kier molecular flexibility index (Phi) is 1.90. The van der Waals surface area contributed by atoms with Crippen LogP contribution < -0.4 is 0 Å². The summed E-state index contributed by atoms with van der Waals surface area (Å²) in [4.78, 5) is 21.7. The third kappa shape index (κ3) is 1.10.